The van der Waals surface area contributed by atoms with Gasteiger partial charge in [-0.3, -0.25) is 4.79 Å². The maximum atomic E-state index is 10.5. The molecule has 0 aromatic heterocycles. The Labute approximate surface area is 90.3 Å². The average Bonchev–Trinajstić information content (AvgIpc) is 2.66. The first-order valence-electron chi connectivity index (χ1n) is 5.46. The molecule has 2 rings (SSSR count). The van der Waals surface area contributed by atoms with Crippen molar-refractivity contribution in [2.75, 3.05) is 0 Å². The first-order chi connectivity index (χ1) is 7.22. The number of benzene rings is 1. The van der Waals surface area contributed by atoms with E-state index >= 15 is 0 Å². The molecule has 0 saturated heterocycles. The van der Waals surface area contributed by atoms with Gasteiger partial charge in [-0.05, 0) is 56.9 Å². The van der Waals surface area contributed by atoms with E-state index in [0.717, 1.165) is 24.9 Å². The summed E-state index contributed by atoms with van der Waals surface area (Å²) in [6, 6.07) is 7.32. The molecule has 0 heterocycles. The normalized spacial score (nSPS) is 18.7. The fourth-order valence-corrected chi connectivity index (χ4v) is 2.12. The van der Waals surface area contributed by atoms with E-state index in [1.54, 1.807) is 12.1 Å². The molecule has 0 radical (unpaired) electrons. The van der Waals surface area contributed by atoms with Gasteiger partial charge in [-0.25, -0.2) is 0 Å². The van der Waals surface area contributed by atoms with E-state index in [-0.39, 0.29) is 5.60 Å². The Morgan fingerprint density at radius 3 is 2.33 bits per heavy atom. The minimum absolute atomic E-state index is 0.00267. The van der Waals surface area contributed by atoms with Gasteiger partial charge in [-0.15, -0.1) is 0 Å². The smallest absolute Gasteiger partial charge is 0.150 e. The zero-order valence-corrected chi connectivity index (χ0v) is 9.03. The van der Waals surface area contributed by atoms with E-state index in [1.165, 1.54) is 12.8 Å². The first kappa shape index (κ1) is 10.2. The molecule has 1 aromatic carbocycles. The Hall–Kier alpha value is -1.31. The highest BCUT2D eigenvalue weighted by Crippen LogP contribution is 2.33. The summed E-state index contributed by atoms with van der Waals surface area (Å²) in [5.74, 6) is 0.866. The number of ether oxygens (including phenoxy) is 1. The summed E-state index contributed by atoms with van der Waals surface area (Å²) in [6.07, 6.45) is 5.61. The lowest BCUT2D eigenvalue weighted by atomic mass is 10.1. The topological polar surface area (TPSA) is 26.3 Å². The van der Waals surface area contributed by atoms with Crippen LogP contribution in [-0.2, 0) is 0 Å². The monoisotopic (exact) mass is 204 g/mol. The molecule has 1 fully saturated rings. The predicted octanol–water partition coefficient (Wildman–Crippen LogP) is 3.21. The van der Waals surface area contributed by atoms with Gasteiger partial charge < -0.3 is 4.74 Å². The van der Waals surface area contributed by atoms with Gasteiger partial charge in [0.2, 0.25) is 0 Å². The van der Waals surface area contributed by atoms with Crippen molar-refractivity contribution in [3.8, 4) is 5.75 Å². The van der Waals surface area contributed by atoms with Crippen LogP contribution in [0.4, 0.5) is 0 Å². The second-order valence-electron chi connectivity index (χ2n) is 4.45. The minimum atomic E-state index is 0.00267. The zero-order valence-electron chi connectivity index (χ0n) is 9.03. The Bertz CT molecular complexity index is 334. The van der Waals surface area contributed by atoms with Gasteiger partial charge in [0.1, 0.15) is 17.6 Å². The van der Waals surface area contributed by atoms with E-state index in [0.29, 0.717) is 5.56 Å². The van der Waals surface area contributed by atoms with Crippen LogP contribution in [0.25, 0.3) is 0 Å². The fourth-order valence-electron chi connectivity index (χ4n) is 2.12. The third-order valence-electron chi connectivity index (χ3n) is 3.04. The second-order valence-corrected chi connectivity index (χ2v) is 4.45. The Morgan fingerprint density at radius 2 is 1.80 bits per heavy atom. The summed E-state index contributed by atoms with van der Waals surface area (Å²) >= 11 is 0. The van der Waals surface area contributed by atoms with Crippen LogP contribution in [0.5, 0.6) is 5.75 Å². The minimum Gasteiger partial charge on any atom is -0.488 e. The van der Waals surface area contributed by atoms with Crippen molar-refractivity contribution in [3.63, 3.8) is 0 Å². The van der Waals surface area contributed by atoms with Crippen molar-refractivity contribution in [2.24, 2.45) is 0 Å². The summed E-state index contributed by atoms with van der Waals surface area (Å²) in [4.78, 5) is 10.5. The summed E-state index contributed by atoms with van der Waals surface area (Å²) < 4.78 is 5.95. The molecule has 0 amide bonds. The van der Waals surface area contributed by atoms with Gasteiger partial charge >= 0.3 is 0 Å². The van der Waals surface area contributed by atoms with Crippen molar-refractivity contribution in [3.05, 3.63) is 29.8 Å². The molecule has 2 nitrogen and oxygen atoms in total. The highest BCUT2D eigenvalue weighted by Gasteiger charge is 2.30. The van der Waals surface area contributed by atoms with E-state index < -0.39 is 0 Å². The number of hydrogen-bond donors (Lipinski definition) is 0. The van der Waals surface area contributed by atoms with E-state index in [4.69, 9.17) is 4.74 Å². The van der Waals surface area contributed by atoms with Gasteiger partial charge in [0.15, 0.2) is 0 Å². The van der Waals surface area contributed by atoms with Crippen molar-refractivity contribution in [1.82, 2.24) is 0 Å². The lowest BCUT2D eigenvalue weighted by molar-refractivity contribution is 0.0968. The van der Waals surface area contributed by atoms with Crippen LogP contribution in [0.1, 0.15) is 43.0 Å². The summed E-state index contributed by atoms with van der Waals surface area (Å²) in [7, 11) is 0. The van der Waals surface area contributed by atoms with Crippen LogP contribution >= 0.6 is 0 Å². The molecular formula is C13H16O2. The number of aldehydes is 1. The maximum absolute atomic E-state index is 10.5. The van der Waals surface area contributed by atoms with Crippen molar-refractivity contribution < 1.29 is 9.53 Å². The molecule has 0 unspecified atom stereocenters. The number of rotatable bonds is 3. The van der Waals surface area contributed by atoms with Crippen LogP contribution in [-0.4, -0.2) is 11.9 Å². The molecule has 1 aliphatic carbocycles. The largest absolute Gasteiger partial charge is 0.488 e. The molecule has 1 aromatic rings. The summed E-state index contributed by atoms with van der Waals surface area (Å²) in [5, 5.41) is 0. The van der Waals surface area contributed by atoms with Gasteiger partial charge in [0.25, 0.3) is 0 Å². The number of carbonyl (C=O) groups excluding carboxylic acids is 1. The zero-order chi connectivity index (χ0) is 10.7. The highest BCUT2D eigenvalue weighted by molar-refractivity contribution is 5.74. The third-order valence-corrected chi connectivity index (χ3v) is 3.04. The van der Waals surface area contributed by atoms with Crippen molar-refractivity contribution in [2.45, 2.75) is 38.2 Å². The second kappa shape index (κ2) is 4.05. The number of hydrogen-bond acceptors (Lipinski definition) is 2. The molecule has 0 atom stereocenters. The van der Waals surface area contributed by atoms with Crippen LogP contribution in [0, 0.1) is 0 Å². The molecule has 1 saturated carbocycles. The van der Waals surface area contributed by atoms with Crippen LogP contribution in [0.3, 0.4) is 0 Å². The Balaban J connectivity index is 2.07. The molecule has 0 aliphatic heterocycles. The van der Waals surface area contributed by atoms with Gasteiger partial charge in [-0.2, -0.15) is 0 Å². The molecule has 0 N–H and O–H groups in total. The Morgan fingerprint density at radius 1 is 1.20 bits per heavy atom. The van der Waals surface area contributed by atoms with Crippen molar-refractivity contribution >= 4 is 6.29 Å². The molecule has 2 heteroatoms. The average molecular weight is 204 g/mol. The first-order valence-corrected chi connectivity index (χ1v) is 5.46. The van der Waals surface area contributed by atoms with Crippen LogP contribution in [0.2, 0.25) is 0 Å². The van der Waals surface area contributed by atoms with Gasteiger partial charge in [0, 0.05) is 5.56 Å². The quantitative estimate of drug-likeness (QED) is 0.707. The predicted molar refractivity (Wildman–Crippen MR) is 59.3 cm³/mol. The molecule has 0 bridgehead atoms. The maximum Gasteiger partial charge on any atom is 0.150 e. The highest BCUT2D eigenvalue weighted by atomic mass is 16.5. The molecule has 0 spiro atoms. The standard InChI is InChI=1S/C13H16O2/c1-13(8-2-3-9-13)15-12-6-4-11(10-14)5-7-12/h4-7,10H,2-3,8-9H2,1H3. The van der Waals surface area contributed by atoms with Gasteiger partial charge in [0.05, 0.1) is 0 Å². The van der Waals surface area contributed by atoms with E-state index in [2.05, 4.69) is 6.92 Å². The van der Waals surface area contributed by atoms with Crippen LogP contribution < -0.4 is 4.74 Å². The Kier molecular flexibility index (Phi) is 2.76. The van der Waals surface area contributed by atoms with E-state index in [1.807, 2.05) is 12.1 Å². The fraction of sp³-hybridized carbons (Fsp3) is 0.462. The van der Waals surface area contributed by atoms with Gasteiger partial charge in [-0.1, -0.05) is 0 Å². The summed E-state index contributed by atoms with van der Waals surface area (Å²) in [6.45, 7) is 2.16. The third kappa shape index (κ3) is 2.38. The van der Waals surface area contributed by atoms with E-state index in [9.17, 15) is 4.79 Å². The molecule has 1 aliphatic rings. The molecule has 15 heavy (non-hydrogen) atoms. The molecular weight excluding hydrogens is 188 g/mol. The van der Waals surface area contributed by atoms with Crippen molar-refractivity contribution in [1.29, 1.82) is 0 Å². The SMILES string of the molecule is CC1(Oc2ccc(C=O)cc2)CCCC1. The summed E-state index contributed by atoms with van der Waals surface area (Å²) in [5.41, 5.74) is 0.696. The lowest BCUT2D eigenvalue weighted by Crippen LogP contribution is -2.27. The number of carbonyl (C=O) groups is 1. The van der Waals surface area contributed by atoms with Crippen LogP contribution in [0.15, 0.2) is 24.3 Å². The lowest BCUT2D eigenvalue weighted by Gasteiger charge is -2.25. The molecule has 80 valence electrons.